The van der Waals surface area contributed by atoms with Gasteiger partial charge in [-0.05, 0) is 53.6 Å². The van der Waals surface area contributed by atoms with Crippen LogP contribution >= 0.6 is 0 Å². The summed E-state index contributed by atoms with van der Waals surface area (Å²) in [6.07, 6.45) is -6.76. The number of anilines is 2. The summed E-state index contributed by atoms with van der Waals surface area (Å²) < 4.78 is 73.4. The first-order valence-corrected chi connectivity index (χ1v) is 19.3. The van der Waals surface area contributed by atoms with E-state index in [0.717, 1.165) is 30.3 Å². The van der Waals surface area contributed by atoms with Gasteiger partial charge in [0, 0.05) is 28.1 Å². The van der Waals surface area contributed by atoms with Crippen molar-refractivity contribution in [2.45, 2.75) is 40.2 Å². The molecule has 5 atom stereocenters. The van der Waals surface area contributed by atoms with E-state index in [0.29, 0.717) is 11.1 Å². The normalized spacial score (nSPS) is 19.8. The second-order valence-electron chi connectivity index (χ2n) is 12.6. The number of benzene rings is 4. The number of amides is 3. The van der Waals surface area contributed by atoms with Gasteiger partial charge in [-0.15, -0.1) is 0 Å². The van der Waals surface area contributed by atoms with Crippen LogP contribution in [0.25, 0.3) is 21.9 Å². The van der Waals surface area contributed by atoms with E-state index in [9.17, 15) is 65.2 Å². The van der Waals surface area contributed by atoms with Gasteiger partial charge in [-0.1, -0.05) is 36.4 Å². The minimum absolute atomic E-state index is 0.0606. The van der Waals surface area contributed by atoms with Crippen molar-refractivity contribution in [2.75, 3.05) is 17.2 Å². The molecule has 1 aromatic heterocycles. The highest BCUT2D eigenvalue weighted by atomic mass is 32.2. The summed E-state index contributed by atoms with van der Waals surface area (Å²) in [6, 6.07) is 16.6. The number of rotatable bonds is 10. The van der Waals surface area contributed by atoms with E-state index in [2.05, 4.69) is 20.9 Å². The summed E-state index contributed by atoms with van der Waals surface area (Å²) in [5.74, 6) is -2.78. The minimum atomic E-state index is -4.93. The lowest BCUT2D eigenvalue weighted by atomic mass is 9.92. The number of aromatic nitrogens is 2. The molecule has 20 nitrogen and oxygen atoms in total. The van der Waals surface area contributed by atoms with Crippen molar-refractivity contribution in [3.8, 4) is 11.1 Å². The van der Waals surface area contributed by atoms with Gasteiger partial charge in [-0.2, -0.15) is 16.8 Å². The number of carbonyl (C=O) groups excluding carboxylic acids is 3. The molecule has 1 aliphatic heterocycles. The molecule has 0 spiro atoms. The number of aliphatic hydroxyl groups excluding tert-OH is 3. The van der Waals surface area contributed by atoms with Crippen LogP contribution in [0.3, 0.4) is 0 Å². The van der Waals surface area contributed by atoms with E-state index in [-0.39, 0.29) is 27.7 Å². The highest BCUT2D eigenvalue weighted by Crippen LogP contribution is 2.35. The topological polar surface area (TPSA) is 332 Å². The lowest BCUT2D eigenvalue weighted by Gasteiger charge is -2.41. The Bertz CT molecular complexity index is 2730. The van der Waals surface area contributed by atoms with Gasteiger partial charge in [0.15, 0.2) is 6.10 Å². The molecule has 2 heterocycles. The number of hydrogen-bond donors (Lipinski definition) is 10. The van der Waals surface area contributed by atoms with Crippen LogP contribution in [0.4, 0.5) is 11.4 Å². The lowest BCUT2D eigenvalue weighted by molar-refractivity contribution is -0.193. The first-order chi connectivity index (χ1) is 26.8. The molecule has 1 saturated heterocycles. The summed E-state index contributed by atoms with van der Waals surface area (Å²) in [6.45, 7) is -0.809. The van der Waals surface area contributed by atoms with E-state index in [1.54, 1.807) is 12.1 Å². The highest BCUT2D eigenvalue weighted by molar-refractivity contribution is 7.86. The minimum Gasteiger partial charge on any atom is -0.394 e. The monoisotopic (exact) mass is 825 g/mol. The first-order valence-electron chi connectivity index (χ1n) is 16.5. The number of hydrogen-bond acceptors (Lipinski definition) is 13. The Balaban J connectivity index is 1.21. The maximum absolute atomic E-state index is 13.6. The van der Waals surface area contributed by atoms with E-state index < -0.39 is 102 Å². The first kappa shape index (κ1) is 40.6. The standard InChI is InChI=1S/C35H31N5O15S2/c41-15-23-29(43)30(44)28(40-33(46)22-14-26(42)39-35(48)38-22)31(55-23)34(47)36-19-4-1-3-18(13-19)16-7-9-17(10-8-16)32(45)37-21-11-12-24(56(49,50)51)20-5-2-6-25(27(20)21)57(52,53)54/h1-14,23,28-31,41,43-44H,15H2,(H,36,47)(H,37,45)(H,40,46)(H,49,50,51)(H,52,53,54)(H2,38,39,42,48)/t23?,28?,29-,30+,31+/m0/s1. The van der Waals surface area contributed by atoms with Gasteiger partial charge in [0.2, 0.25) is 0 Å². The van der Waals surface area contributed by atoms with Crippen LogP contribution in [0, 0.1) is 0 Å². The number of aromatic amines is 2. The van der Waals surface area contributed by atoms with Crippen LogP contribution in [0.2, 0.25) is 0 Å². The molecular formula is C35H31N5O15S2. The van der Waals surface area contributed by atoms with Crippen molar-refractivity contribution in [1.29, 1.82) is 0 Å². The molecule has 2 unspecified atom stereocenters. The molecule has 57 heavy (non-hydrogen) atoms. The summed E-state index contributed by atoms with van der Waals surface area (Å²) >= 11 is 0. The molecule has 0 radical (unpaired) electrons. The van der Waals surface area contributed by atoms with Crippen molar-refractivity contribution >= 4 is 60.1 Å². The number of fused-ring (bicyclic) bond motifs is 1. The molecule has 298 valence electrons. The molecule has 5 aromatic rings. The Morgan fingerprint density at radius 3 is 2.07 bits per heavy atom. The molecule has 6 rings (SSSR count). The van der Waals surface area contributed by atoms with Crippen molar-refractivity contribution in [2.24, 2.45) is 0 Å². The van der Waals surface area contributed by atoms with Gasteiger partial charge in [-0.3, -0.25) is 33.3 Å². The molecule has 10 N–H and O–H groups in total. The number of aliphatic hydroxyl groups is 3. The fourth-order valence-electron chi connectivity index (χ4n) is 6.21. The Morgan fingerprint density at radius 2 is 1.42 bits per heavy atom. The number of nitrogens with one attached hydrogen (secondary N) is 5. The molecule has 1 aliphatic rings. The van der Waals surface area contributed by atoms with E-state index in [4.69, 9.17) is 4.74 Å². The fourth-order valence-corrected chi connectivity index (χ4v) is 7.63. The van der Waals surface area contributed by atoms with Gasteiger partial charge < -0.3 is 41.0 Å². The van der Waals surface area contributed by atoms with Crippen molar-refractivity contribution in [1.82, 2.24) is 15.3 Å². The van der Waals surface area contributed by atoms with Gasteiger partial charge in [0.1, 0.15) is 33.8 Å². The predicted octanol–water partition coefficient (Wildman–Crippen LogP) is -0.152. The molecule has 22 heteroatoms. The lowest BCUT2D eigenvalue weighted by Crippen LogP contribution is -2.66. The highest BCUT2D eigenvalue weighted by Gasteiger charge is 2.48. The summed E-state index contributed by atoms with van der Waals surface area (Å²) in [5, 5.41) is 37.7. The average Bonchev–Trinajstić information content (AvgIpc) is 3.15. The maximum Gasteiger partial charge on any atom is 0.326 e. The van der Waals surface area contributed by atoms with E-state index in [1.807, 2.05) is 4.98 Å². The SMILES string of the molecule is O=C(Nc1ccc(S(=O)(=O)O)c2cccc(S(=O)(=O)O)c12)c1ccc(-c2cccc(NC(=O)[C@@H]3OC(CO)[C@H](O)[C@H](O)C3NC(=O)c3cc(=O)[nH]c(=O)[nH]3)c2)cc1. The fraction of sp³-hybridized carbons (Fsp3) is 0.171. The average molecular weight is 826 g/mol. The van der Waals surface area contributed by atoms with Crippen LogP contribution in [0.15, 0.2) is 104 Å². The molecule has 0 bridgehead atoms. The second-order valence-corrected chi connectivity index (χ2v) is 15.4. The molecule has 4 aromatic carbocycles. The van der Waals surface area contributed by atoms with Gasteiger partial charge in [-0.25, -0.2) is 4.79 Å². The molecular weight excluding hydrogens is 795 g/mol. The number of carbonyl (C=O) groups is 3. The number of ether oxygens (including phenoxy) is 1. The third-order valence-corrected chi connectivity index (χ3v) is 10.7. The molecule has 3 amide bonds. The Morgan fingerprint density at radius 1 is 0.737 bits per heavy atom. The summed E-state index contributed by atoms with van der Waals surface area (Å²) in [4.78, 5) is 65.8. The van der Waals surface area contributed by atoms with E-state index >= 15 is 0 Å². The Labute approximate surface area is 320 Å². The van der Waals surface area contributed by atoms with Crippen LogP contribution in [-0.4, -0.2) is 106 Å². The zero-order valence-electron chi connectivity index (χ0n) is 28.8. The number of H-pyrrole nitrogens is 2. The van der Waals surface area contributed by atoms with Crippen LogP contribution in [0.1, 0.15) is 20.8 Å². The quantitative estimate of drug-likeness (QED) is 0.0819. The predicted molar refractivity (Wildman–Crippen MR) is 199 cm³/mol. The van der Waals surface area contributed by atoms with Crippen LogP contribution < -0.4 is 27.2 Å². The largest absolute Gasteiger partial charge is 0.394 e. The molecule has 0 aliphatic carbocycles. The smallest absolute Gasteiger partial charge is 0.326 e. The Hall–Kier alpha value is -6.11. The maximum atomic E-state index is 13.6. The summed E-state index contributed by atoms with van der Waals surface area (Å²) in [5.41, 5.74) is -1.33. The molecule has 0 saturated carbocycles. The Kier molecular flexibility index (Phi) is 11.2. The van der Waals surface area contributed by atoms with Gasteiger partial charge in [0.05, 0.1) is 18.3 Å². The third kappa shape index (κ3) is 8.67. The summed E-state index contributed by atoms with van der Waals surface area (Å²) in [7, 11) is -9.77. The second kappa shape index (κ2) is 15.8. The molecule has 1 fully saturated rings. The van der Waals surface area contributed by atoms with Gasteiger partial charge in [0.25, 0.3) is 43.5 Å². The van der Waals surface area contributed by atoms with E-state index in [1.165, 1.54) is 42.5 Å². The van der Waals surface area contributed by atoms with Crippen LogP contribution in [-0.2, 0) is 29.8 Å². The zero-order chi connectivity index (χ0) is 41.4. The third-order valence-electron chi connectivity index (χ3n) is 8.86. The van der Waals surface area contributed by atoms with Gasteiger partial charge >= 0.3 is 5.69 Å². The van der Waals surface area contributed by atoms with Crippen LogP contribution in [0.5, 0.6) is 0 Å². The van der Waals surface area contributed by atoms with Crippen molar-refractivity contribution < 1.29 is 60.4 Å². The zero-order valence-corrected chi connectivity index (χ0v) is 30.4. The van der Waals surface area contributed by atoms with Crippen molar-refractivity contribution in [3.05, 3.63) is 117 Å². The van der Waals surface area contributed by atoms with Crippen molar-refractivity contribution in [3.63, 3.8) is 0 Å².